The van der Waals surface area contributed by atoms with Gasteiger partial charge in [0.2, 0.25) is 0 Å². The number of halogens is 2. The SMILES string of the molecule is Clc1cc(Cl)c2c(c1)C=C1CCCCC[C@@]1(N1CCOCC1)O2. The molecule has 1 aliphatic carbocycles. The highest BCUT2D eigenvalue weighted by Crippen LogP contribution is 2.47. The molecule has 0 N–H and O–H groups in total. The molecule has 1 atom stereocenters. The van der Waals surface area contributed by atoms with E-state index >= 15 is 0 Å². The van der Waals surface area contributed by atoms with Crippen LogP contribution in [0.4, 0.5) is 0 Å². The minimum atomic E-state index is -0.356. The molecule has 3 nitrogen and oxygen atoms in total. The molecule has 1 saturated heterocycles. The zero-order valence-corrected chi connectivity index (χ0v) is 14.6. The maximum Gasteiger partial charge on any atom is 0.186 e. The Balaban J connectivity index is 1.81. The van der Waals surface area contributed by atoms with E-state index in [0.717, 1.165) is 50.5 Å². The van der Waals surface area contributed by atoms with Gasteiger partial charge in [-0.15, -0.1) is 0 Å². The van der Waals surface area contributed by atoms with Crippen LogP contribution in [-0.4, -0.2) is 36.9 Å². The third-order valence-corrected chi connectivity index (χ3v) is 5.62. The van der Waals surface area contributed by atoms with Crippen LogP contribution in [0.25, 0.3) is 6.08 Å². The number of rotatable bonds is 1. The van der Waals surface area contributed by atoms with Crippen molar-refractivity contribution in [2.75, 3.05) is 26.3 Å². The number of benzene rings is 1. The van der Waals surface area contributed by atoms with Crippen molar-refractivity contribution < 1.29 is 9.47 Å². The number of fused-ring (bicyclic) bond motifs is 2. The van der Waals surface area contributed by atoms with Crippen LogP contribution in [0.2, 0.25) is 10.0 Å². The molecule has 0 amide bonds. The number of ether oxygens (including phenoxy) is 2. The zero-order valence-electron chi connectivity index (χ0n) is 13.1. The fourth-order valence-corrected chi connectivity index (χ4v) is 4.56. The van der Waals surface area contributed by atoms with Gasteiger partial charge in [-0.2, -0.15) is 0 Å². The molecule has 0 aromatic heterocycles. The van der Waals surface area contributed by atoms with Crippen LogP contribution in [0, 0.1) is 0 Å². The van der Waals surface area contributed by atoms with E-state index in [1.807, 2.05) is 6.07 Å². The molecule has 3 aliphatic rings. The topological polar surface area (TPSA) is 21.7 Å². The fraction of sp³-hybridized carbons (Fsp3) is 0.556. The van der Waals surface area contributed by atoms with Crippen LogP contribution in [0.15, 0.2) is 17.7 Å². The van der Waals surface area contributed by atoms with Crippen LogP contribution < -0.4 is 4.74 Å². The summed E-state index contributed by atoms with van der Waals surface area (Å²) in [4.78, 5) is 2.45. The molecule has 23 heavy (non-hydrogen) atoms. The average Bonchev–Trinajstić information content (AvgIpc) is 2.77. The van der Waals surface area contributed by atoms with Crippen molar-refractivity contribution in [2.24, 2.45) is 0 Å². The van der Waals surface area contributed by atoms with E-state index in [1.165, 1.54) is 24.8 Å². The molecule has 5 heteroatoms. The lowest BCUT2D eigenvalue weighted by Gasteiger charge is -2.48. The first-order valence-electron chi connectivity index (χ1n) is 8.41. The molecule has 2 heterocycles. The van der Waals surface area contributed by atoms with E-state index in [2.05, 4.69) is 11.0 Å². The highest BCUT2D eigenvalue weighted by atomic mass is 35.5. The van der Waals surface area contributed by atoms with E-state index in [1.54, 1.807) is 6.07 Å². The molecule has 1 saturated carbocycles. The monoisotopic (exact) mass is 353 g/mol. The van der Waals surface area contributed by atoms with Gasteiger partial charge in [-0.3, -0.25) is 4.90 Å². The molecule has 2 fully saturated rings. The number of hydrogen-bond acceptors (Lipinski definition) is 3. The van der Waals surface area contributed by atoms with Gasteiger partial charge in [0, 0.05) is 30.1 Å². The third kappa shape index (κ3) is 2.78. The summed E-state index contributed by atoms with van der Waals surface area (Å²) in [6.07, 6.45) is 7.98. The zero-order chi connectivity index (χ0) is 15.9. The molecule has 0 radical (unpaired) electrons. The van der Waals surface area contributed by atoms with Gasteiger partial charge in [-0.25, -0.2) is 0 Å². The summed E-state index contributed by atoms with van der Waals surface area (Å²) < 4.78 is 12.2. The predicted octanol–water partition coefficient (Wildman–Crippen LogP) is 4.76. The Morgan fingerprint density at radius 2 is 1.87 bits per heavy atom. The normalized spacial score (nSPS) is 28.2. The van der Waals surface area contributed by atoms with E-state index in [4.69, 9.17) is 32.7 Å². The average molecular weight is 354 g/mol. The van der Waals surface area contributed by atoms with Crippen molar-refractivity contribution in [2.45, 2.75) is 37.8 Å². The predicted molar refractivity (Wildman–Crippen MR) is 93.3 cm³/mol. The molecule has 0 spiro atoms. The molecular weight excluding hydrogens is 333 g/mol. The van der Waals surface area contributed by atoms with E-state index in [0.29, 0.717) is 10.0 Å². The van der Waals surface area contributed by atoms with Gasteiger partial charge >= 0.3 is 0 Å². The second-order valence-electron chi connectivity index (χ2n) is 6.52. The molecule has 1 aromatic rings. The molecule has 2 aliphatic heterocycles. The Morgan fingerprint density at radius 1 is 1.04 bits per heavy atom. The Hall–Kier alpha value is -0.740. The van der Waals surface area contributed by atoms with Crippen molar-refractivity contribution in [1.82, 2.24) is 4.90 Å². The highest BCUT2D eigenvalue weighted by molar-refractivity contribution is 6.36. The summed E-state index contributed by atoms with van der Waals surface area (Å²) in [7, 11) is 0. The van der Waals surface area contributed by atoms with Gasteiger partial charge in [0.05, 0.1) is 18.2 Å². The summed E-state index contributed by atoms with van der Waals surface area (Å²) >= 11 is 12.6. The Bertz CT molecular complexity index is 640. The van der Waals surface area contributed by atoms with Crippen molar-refractivity contribution in [1.29, 1.82) is 0 Å². The quantitative estimate of drug-likeness (QED) is 0.726. The lowest BCUT2D eigenvalue weighted by atomic mass is 9.90. The second-order valence-corrected chi connectivity index (χ2v) is 7.37. The first-order valence-corrected chi connectivity index (χ1v) is 9.16. The van der Waals surface area contributed by atoms with Crippen LogP contribution in [0.1, 0.15) is 37.7 Å². The summed E-state index contributed by atoms with van der Waals surface area (Å²) in [6, 6.07) is 3.72. The van der Waals surface area contributed by atoms with Gasteiger partial charge in [0.15, 0.2) is 5.72 Å². The van der Waals surface area contributed by atoms with Crippen LogP contribution >= 0.6 is 23.2 Å². The molecule has 0 unspecified atom stereocenters. The minimum Gasteiger partial charge on any atom is -0.466 e. The van der Waals surface area contributed by atoms with Gasteiger partial charge in [-0.1, -0.05) is 29.6 Å². The highest BCUT2D eigenvalue weighted by Gasteiger charge is 2.46. The largest absolute Gasteiger partial charge is 0.466 e. The van der Waals surface area contributed by atoms with E-state index in [9.17, 15) is 0 Å². The third-order valence-electron chi connectivity index (χ3n) is 5.12. The first-order chi connectivity index (χ1) is 11.2. The fourth-order valence-electron chi connectivity index (χ4n) is 4.02. The molecule has 4 rings (SSSR count). The number of nitrogens with zero attached hydrogens (tertiary/aromatic N) is 1. The number of morpholine rings is 1. The van der Waals surface area contributed by atoms with Gasteiger partial charge < -0.3 is 9.47 Å². The molecular formula is C18H21Cl2NO2. The Labute approximate surface area is 147 Å². The standard InChI is InChI=1S/C18H21Cl2NO2/c19-15-11-13-10-14-4-2-1-3-5-18(14,21-6-8-22-9-7-21)23-17(13)16(20)12-15/h10-12H,1-9H2/t18-/m1/s1. The Kier molecular flexibility index (Phi) is 4.31. The summed E-state index contributed by atoms with van der Waals surface area (Å²) in [6.45, 7) is 3.33. The summed E-state index contributed by atoms with van der Waals surface area (Å²) in [5.74, 6) is 0.771. The van der Waals surface area contributed by atoms with Crippen LogP contribution in [-0.2, 0) is 4.74 Å². The van der Waals surface area contributed by atoms with Crippen molar-refractivity contribution in [3.05, 3.63) is 33.3 Å². The van der Waals surface area contributed by atoms with Gasteiger partial charge in [0.25, 0.3) is 0 Å². The smallest absolute Gasteiger partial charge is 0.186 e. The van der Waals surface area contributed by atoms with Gasteiger partial charge in [-0.05, 0) is 43.0 Å². The summed E-state index contributed by atoms with van der Waals surface area (Å²) in [5, 5.41) is 1.25. The Morgan fingerprint density at radius 3 is 2.70 bits per heavy atom. The van der Waals surface area contributed by atoms with E-state index < -0.39 is 0 Å². The van der Waals surface area contributed by atoms with Crippen molar-refractivity contribution in [3.8, 4) is 5.75 Å². The number of hydrogen-bond donors (Lipinski definition) is 0. The molecule has 1 aromatic carbocycles. The van der Waals surface area contributed by atoms with Gasteiger partial charge in [0.1, 0.15) is 5.75 Å². The van der Waals surface area contributed by atoms with E-state index in [-0.39, 0.29) is 5.72 Å². The second kappa shape index (κ2) is 6.29. The molecule has 124 valence electrons. The van der Waals surface area contributed by atoms with Crippen LogP contribution in [0.5, 0.6) is 5.75 Å². The lowest BCUT2D eigenvalue weighted by Crippen LogP contribution is -2.58. The maximum atomic E-state index is 6.64. The van der Waals surface area contributed by atoms with Crippen molar-refractivity contribution in [3.63, 3.8) is 0 Å². The van der Waals surface area contributed by atoms with Crippen molar-refractivity contribution >= 4 is 29.3 Å². The molecule has 0 bridgehead atoms. The summed E-state index contributed by atoms with van der Waals surface area (Å²) in [5.41, 5.74) is 2.01. The minimum absolute atomic E-state index is 0.356. The lowest BCUT2D eigenvalue weighted by molar-refractivity contribution is -0.105. The van der Waals surface area contributed by atoms with Crippen LogP contribution in [0.3, 0.4) is 0 Å². The first kappa shape index (κ1) is 15.8. The maximum absolute atomic E-state index is 6.64.